The van der Waals surface area contributed by atoms with E-state index in [0.29, 0.717) is 0 Å². The number of fused-ring (bicyclic) bond motifs is 1. The van der Waals surface area contributed by atoms with Gasteiger partial charge < -0.3 is 10.1 Å². The Bertz CT molecular complexity index is 407. The fraction of sp³-hybridized carbons (Fsp3) is 0.538. The molecular formula is C13H19NO. The lowest BCUT2D eigenvalue weighted by molar-refractivity contribution is 0.115. The third-order valence-electron chi connectivity index (χ3n) is 3.06. The Balaban J connectivity index is 2.58. The highest BCUT2D eigenvalue weighted by Gasteiger charge is 2.28. The van der Waals surface area contributed by atoms with Gasteiger partial charge >= 0.3 is 0 Å². The predicted octanol–water partition coefficient (Wildman–Crippen LogP) is 3.19. The minimum atomic E-state index is -0.113. The number of ether oxygens (including phenoxy) is 1. The first-order valence-corrected chi connectivity index (χ1v) is 5.44. The number of benzene rings is 1. The van der Waals surface area contributed by atoms with Crippen LogP contribution >= 0.6 is 0 Å². The van der Waals surface area contributed by atoms with Crippen molar-refractivity contribution in [1.82, 2.24) is 0 Å². The maximum atomic E-state index is 6.05. The van der Waals surface area contributed by atoms with Gasteiger partial charge in [-0.1, -0.05) is 6.07 Å². The van der Waals surface area contributed by atoms with Crippen LogP contribution in [0.1, 0.15) is 30.5 Å². The second-order valence-electron chi connectivity index (χ2n) is 5.05. The summed E-state index contributed by atoms with van der Waals surface area (Å²) >= 11 is 0. The normalized spacial score (nSPS) is 17.7. The highest BCUT2D eigenvalue weighted by molar-refractivity contribution is 5.68. The number of rotatable bonds is 0. The largest absolute Gasteiger partial charge is 0.484 e. The summed E-state index contributed by atoms with van der Waals surface area (Å²) in [5.41, 5.74) is 4.86. The van der Waals surface area contributed by atoms with Crippen LogP contribution in [-0.4, -0.2) is 12.1 Å². The van der Waals surface area contributed by atoms with Gasteiger partial charge in [0.05, 0.1) is 12.2 Å². The van der Waals surface area contributed by atoms with Gasteiger partial charge in [0.15, 0.2) is 0 Å². The molecule has 1 heterocycles. The van der Waals surface area contributed by atoms with Crippen molar-refractivity contribution in [2.24, 2.45) is 0 Å². The SMILES string of the molecule is Cc1cc(C)c2c(c1C)OC(C)(C)CN2. The van der Waals surface area contributed by atoms with E-state index < -0.39 is 0 Å². The second kappa shape index (κ2) is 3.16. The van der Waals surface area contributed by atoms with E-state index in [4.69, 9.17) is 4.74 Å². The standard InChI is InChI=1S/C13H19NO/c1-8-6-9(2)11-12(10(8)3)15-13(4,5)7-14-11/h6,14H,7H2,1-5H3. The van der Waals surface area contributed by atoms with Gasteiger partial charge in [0.2, 0.25) is 0 Å². The Hall–Kier alpha value is -1.18. The van der Waals surface area contributed by atoms with Crippen LogP contribution < -0.4 is 10.1 Å². The van der Waals surface area contributed by atoms with Crippen molar-refractivity contribution in [2.75, 3.05) is 11.9 Å². The maximum Gasteiger partial charge on any atom is 0.146 e. The lowest BCUT2D eigenvalue weighted by Crippen LogP contribution is -2.40. The molecule has 15 heavy (non-hydrogen) atoms. The highest BCUT2D eigenvalue weighted by atomic mass is 16.5. The van der Waals surface area contributed by atoms with Gasteiger partial charge in [-0.25, -0.2) is 0 Å². The zero-order valence-corrected chi connectivity index (χ0v) is 10.2. The third kappa shape index (κ3) is 1.69. The van der Waals surface area contributed by atoms with Crippen LogP contribution in [-0.2, 0) is 0 Å². The lowest BCUT2D eigenvalue weighted by Gasteiger charge is -2.35. The molecule has 0 saturated carbocycles. The van der Waals surface area contributed by atoms with Crippen LogP contribution in [0.25, 0.3) is 0 Å². The molecule has 0 bridgehead atoms. The molecule has 0 amide bonds. The summed E-state index contributed by atoms with van der Waals surface area (Å²) < 4.78 is 6.05. The van der Waals surface area contributed by atoms with Gasteiger partial charge in [0, 0.05) is 0 Å². The first kappa shape index (κ1) is 10.3. The molecule has 2 heteroatoms. The maximum absolute atomic E-state index is 6.05. The van der Waals surface area contributed by atoms with Crippen molar-refractivity contribution < 1.29 is 4.74 Å². The molecule has 0 spiro atoms. The molecule has 2 nitrogen and oxygen atoms in total. The van der Waals surface area contributed by atoms with Gasteiger partial charge in [0.1, 0.15) is 11.4 Å². The summed E-state index contributed by atoms with van der Waals surface area (Å²) in [4.78, 5) is 0. The summed E-state index contributed by atoms with van der Waals surface area (Å²) in [6, 6.07) is 2.21. The minimum absolute atomic E-state index is 0.113. The van der Waals surface area contributed by atoms with Gasteiger partial charge in [-0.2, -0.15) is 0 Å². The topological polar surface area (TPSA) is 21.3 Å². The molecular weight excluding hydrogens is 186 g/mol. The summed E-state index contributed by atoms with van der Waals surface area (Å²) in [5, 5.41) is 3.46. The Kier molecular flexibility index (Phi) is 2.18. The fourth-order valence-electron chi connectivity index (χ4n) is 2.01. The van der Waals surface area contributed by atoms with Crippen molar-refractivity contribution in [1.29, 1.82) is 0 Å². The monoisotopic (exact) mass is 205 g/mol. The minimum Gasteiger partial charge on any atom is -0.484 e. The Morgan fingerprint density at radius 1 is 1.20 bits per heavy atom. The van der Waals surface area contributed by atoms with Gasteiger partial charge in [-0.15, -0.1) is 0 Å². The van der Waals surface area contributed by atoms with Gasteiger partial charge in [-0.3, -0.25) is 0 Å². The molecule has 0 fully saturated rings. The summed E-state index contributed by atoms with van der Waals surface area (Å²) in [7, 11) is 0. The second-order valence-corrected chi connectivity index (χ2v) is 5.05. The highest BCUT2D eigenvalue weighted by Crippen LogP contribution is 2.39. The molecule has 82 valence electrons. The van der Waals surface area contributed by atoms with Crippen molar-refractivity contribution in [3.63, 3.8) is 0 Å². The first-order chi connectivity index (χ1) is 6.91. The van der Waals surface area contributed by atoms with Crippen molar-refractivity contribution in [2.45, 2.75) is 40.2 Å². The van der Waals surface area contributed by atoms with E-state index in [0.717, 1.165) is 18.0 Å². The molecule has 0 atom stereocenters. The van der Waals surface area contributed by atoms with E-state index >= 15 is 0 Å². The molecule has 2 rings (SSSR count). The lowest BCUT2D eigenvalue weighted by atomic mass is 9.99. The molecule has 0 aromatic heterocycles. The fourth-order valence-corrected chi connectivity index (χ4v) is 2.01. The number of aryl methyl sites for hydroxylation is 2. The number of nitrogens with one attached hydrogen (secondary N) is 1. The van der Waals surface area contributed by atoms with Crippen LogP contribution in [0.2, 0.25) is 0 Å². The zero-order valence-electron chi connectivity index (χ0n) is 10.2. The molecule has 0 aliphatic carbocycles. The molecule has 0 saturated heterocycles. The van der Waals surface area contributed by atoms with E-state index in [2.05, 4.69) is 46.0 Å². The smallest absolute Gasteiger partial charge is 0.146 e. The quantitative estimate of drug-likeness (QED) is 0.702. The summed E-state index contributed by atoms with van der Waals surface area (Å²) in [5.74, 6) is 1.03. The van der Waals surface area contributed by atoms with Crippen molar-refractivity contribution in [3.05, 3.63) is 22.8 Å². The average molecular weight is 205 g/mol. The van der Waals surface area contributed by atoms with E-state index in [-0.39, 0.29) is 5.60 Å². The van der Waals surface area contributed by atoms with E-state index in [9.17, 15) is 0 Å². The predicted molar refractivity (Wildman–Crippen MR) is 63.8 cm³/mol. The Morgan fingerprint density at radius 3 is 2.53 bits per heavy atom. The molecule has 1 aromatic carbocycles. The molecule has 1 aromatic rings. The average Bonchev–Trinajstić information content (AvgIpc) is 2.13. The van der Waals surface area contributed by atoms with Crippen LogP contribution in [0.3, 0.4) is 0 Å². The Morgan fingerprint density at radius 2 is 1.87 bits per heavy atom. The van der Waals surface area contributed by atoms with E-state index in [1.165, 1.54) is 16.7 Å². The van der Waals surface area contributed by atoms with E-state index in [1.807, 2.05) is 0 Å². The number of hydrogen-bond acceptors (Lipinski definition) is 2. The molecule has 1 N–H and O–H groups in total. The molecule has 0 radical (unpaired) electrons. The molecule has 0 unspecified atom stereocenters. The summed E-state index contributed by atoms with van der Waals surface area (Å²) in [6.45, 7) is 11.5. The molecule has 1 aliphatic rings. The van der Waals surface area contributed by atoms with Crippen LogP contribution in [0.15, 0.2) is 6.07 Å². The van der Waals surface area contributed by atoms with Crippen molar-refractivity contribution >= 4 is 5.69 Å². The van der Waals surface area contributed by atoms with Crippen LogP contribution in [0.4, 0.5) is 5.69 Å². The zero-order chi connectivity index (χ0) is 11.2. The third-order valence-corrected chi connectivity index (χ3v) is 3.06. The van der Waals surface area contributed by atoms with Crippen LogP contribution in [0.5, 0.6) is 5.75 Å². The van der Waals surface area contributed by atoms with Gasteiger partial charge in [0.25, 0.3) is 0 Å². The van der Waals surface area contributed by atoms with Gasteiger partial charge in [-0.05, 0) is 51.3 Å². The number of hydrogen-bond donors (Lipinski definition) is 1. The van der Waals surface area contributed by atoms with Crippen molar-refractivity contribution in [3.8, 4) is 5.75 Å². The Labute approximate surface area is 91.6 Å². The first-order valence-electron chi connectivity index (χ1n) is 5.44. The number of anilines is 1. The van der Waals surface area contributed by atoms with E-state index in [1.54, 1.807) is 0 Å². The summed E-state index contributed by atoms with van der Waals surface area (Å²) in [6.07, 6.45) is 0. The van der Waals surface area contributed by atoms with Crippen LogP contribution in [0, 0.1) is 20.8 Å². The molecule has 1 aliphatic heterocycles.